The van der Waals surface area contributed by atoms with Gasteiger partial charge in [0.1, 0.15) is 15.9 Å². The summed E-state index contributed by atoms with van der Waals surface area (Å²) in [5.74, 6) is -0.738. The molecule has 0 bridgehead atoms. The fourth-order valence-electron chi connectivity index (χ4n) is 0.789. The number of halogens is 2. The van der Waals surface area contributed by atoms with Crippen molar-refractivity contribution < 1.29 is 13.7 Å². The van der Waals surface area contributed by atoms with E-state index in [1.807, 2.05) is 0 Å². The van der Waals surface area contributed by atoms with Crippen molar-refractivity contribution in [3.8, 4) is 0 Å². The molecule has 1 heterocycles. The van der Waals surface area contributed by atoms with Crippen LogP contribution in [0.4, 0.5) is 0 Å². The largest absolute Gasteiger partial charge is 0.465 e. The van der Waals surface area contributed by atoms with Gasteiger partial charge in [-0.05, 0) is 0 Å². The summed E-state index contributed by atoms with van der Waals surface area (Å²) in [6.45, 7) is 0. The van der Waals surface area contributed by atoms with E-state index in [2.05, 4.69) is 14.7 Å². The molecule has 1 rings (SSSR count). The molecule has 0 saturated carbocycles. The summed E-state index contributed by atoms with van der Waals surface area (Å²) in [6.07, 6.45) is 1.37. The van der Waals surface area contributed by atoms with Crippen molar-refractivity contribution in [2.45, 2.75) is 5.16 Å². The zero-order chi connectivity index (χ0) is 11.6. The Balaban J connectivity index is 3.33. The lowest BCUT2D eigenvalue weighted by Gasteiger charge is -2.04. The number of carbonyl (C=O) groups is 1. The number of aromatic nitrogens is 2. The molecule has 82 valence electrons. The minimum atomic E-state index is -1.42. The summed E-state index contributed by atoms with van der Waals surface area (Å²) in [4.78, 5) is 18.5. The van der Waals surface area contributed by atoms with Crippen LogP contribution in [0.3, 0.4) is 0 Å². The van der Waals surface area contributed by atoms with Gasteiger partial charge in [0.15, 0.2) is 0 Å². The fourth-order valence-corrected chi connectivity index (χ4v) is 1.87. The molecule has 0 aliphatic rings. The average Bonchev–Trinajstić information content (AvgIpc) is 2.16. The third-order valence-corrected chi connectivity index (χ3v) is 2.69. The minimum Gasteiger partial charge on any atom is -0.465 e. The van der Waals surface area contributed by atoms with Crippen molar-refractivity contribution in [1.29, 1.82) is 0 Å². The molecule has 8 heteroatoms. The summed E-state index contributed by atoms with van der Waals surface area (Å²) in [6, 6.07) is 0. The molecule has 0 radical (unpaired) electrons. The van der Waals surface area contributed by atoms with E-state index in [-0.39, 0.29) is 21.0 Å². The number of carbonyl (C=O) groups excluding carboxylic acids is 1. The molecule has 15 heavy (non-hydrogen) atoms. The molecule has 0 aliphatic heterocycles. The number of hydrogen-bond acceptors (Lipinski definition) is 5. The average molecular weight is 269 g/mol. The van der Waals surface area contributed by atoms with Gasteiger partial charge in [-0.25, -0.2) is 14.8 Å². The minimum absolute atomic E-state index is 0.0300. The second-order valence-electron chi connectivity index (χ2n) is 2.41. The fraction of sp³-hybridized carbons (Fsp3) is 0.286. The second-order valence-corrected chi connectivity index (χ2v) is 4.40. The van der Waals surface area contributed by atoms with Gasteiger partial charge in [0.05, 0.1) is 17.9 Å². The van der Waals surface area contributed by atoms with Gasteiger partial charge in [0, 0.05) is 6.26 Å². The van der Waals surface area contributed by atoms with Crippen molar-refractivity contribution in [3.63, 3.8) is 0 Å². The highest BCUT2D eigenvalue weighted by molar-refractivity contribution is 7.84. The number of nitrogens with zero attached hydrogens (tertiary/aromatic N) is 2. The Morgan fingerprint density at radius 3 is 2.13 bits per heavy atom. The molecule has 1 unspecified atom stereocenters. The van der Waals surface area contributed by atoms with E-state index >= 15 is 0 Å². The summed E-state index contributed by atoms with van der Waals surface area (Å²) < 4.78 is 15.5. The van der Waals surface area contributed by atoms with Gasteiger partial charge in [0.2, 0.25) is 5.16 Å². The van der Waals surface area contributed by atoms with E-state index in [1.54, 1.807) is 0 Å². The highest BCUT2D eigenvalue weighted by Crippen LogP contribution is 2.22. The molecule has 0 spiro atoms. The lowest BCUT2D eigenvalue weighted by Crippen LogP contribution is -2.08. The molecule has 1 aromatic heterocycles. The van der Waals surface area contributed by atoms with E-state index in [0.717, 1.165) is 0 Å². The summed E-state index contributed by atoms with van der Waals surface area (Å²) in [7, 11) is -0.235. The van der Waals surface area contributed by atoms with E-state index in [9.17, 15) is 9.00 Å². The van der Waals surface area contributed by atoms with Crippen molar-refractivity contribution in [2.24, 2.45) is 0 Å². The molecule has 5 nitrogen and oxygen atoms in total. The van der Waals surface area contributed by atoms with Crippen LogP contribution in [-0.4, -0.2) is 33.5 Å². The quantitative estimate of drug-likeness (QED) is 0.460. The first-order chi connectivity index (χ1) is 6.97. The summed E-state index contributed by atoms with van der Waals surface area (Å²) in [5.41, 5.74) is -0.130. The molecule has 0 N–H and O–H groups in total. The van der Waals surface area contributed by atoms with Crippen LogP contribution < -0.4 is 0 Å². The third-order valence-electron chi connectivity index (χ3n) is 1.45. The van der Waals surface area contributed by atoms with Crippen LogP contribution in [0.25, 0.3) is 0 Å². The Bertz CT molecular complexity index is 415. The highest BCUT2D eigenvalue weighted by Gasteiger charge is 2.20. The maximum atomic E-state index is 11.2. The lowest BCUT2D eigenvalue weighted by molar-refractivity contribution is 0.0600. The van der Waals surface area contributed by atoms with E-state index in [0.29, 0.717) is 0 Å². The van der Waals surface area contributed by atoms with Crippen LogP contribution in [0.15, 0.2) is 5.16 Å². The van der Waals surface area contributed by atoms with E-state index in [1.165, 1.54) is 13.4 Å². The number of methoxy groups -OCH3 is 1. The monoisotopic (exact) mass is 268 g/mol. The van der Waals surface area contributed by atoms with Crippen molar-refractivity contribution in [1.82, 2.24) is 9.97 Å². The maximum absolute atomic E-state index is 11.2. The molecule has 1 aromatic rings. The van der Waals surface area contributed by atoms with Gasteiger partial charge in [-0.1, -0.05) is 23.2 Å². The zero-order valence-electron chi connectivity index (χ0n) is 7.78. The van der Waals surface area contributed by atoms with Crippen molar-refractivity contribution in [3.05, 3.63) is 15.9 Å². The van der Waals surface area contributed by atoms with Crippen LogP contribution in [0.5, 0.6) is 0 Å². The number of ether oxygens (including phenoxy) is 1. The van der Waals surface area contributed by atoms with Gasteiger partial charge in [-0.3, -0.25) is 4.21 Å². The third kappa shape index (κ3) is 2.64. The molecule has 0 aromatic carbocycles. The summed E-state index contributed by atoms with van der Waals surface area (Å²) in [5, 5.41) is -0.378. The Kier molecular flexibility index (Phi) is 4.01. The van der Waals surface area contributed by atoms with Crippen LogP contribution >= 0.6 is 23.2 Å². The van der Waals surface area contributed by atoms with Gasteiger partial charge in [-0.2, -0.15) is 0 Å². The van der Waals surface area contributed by atoms with Gasteiger partial charge < -0.3 is 4.74 Å². The molecule has 1 atom stereocenters. The molecule has 0 amide bonds. The Hall–Kier alpha value is -0.720. The van der Waals surface area contributed by atoms with Crippen LogP contribution in [0, 0.1) is 0 Å². The predicted molar refractivity (Wildman–Crippen MR) is 55.7 cm³/mol. The van der Waals surface area contributed by atoms with E-state index in [4.69, 9.17) is 23.2 Å². The van der Waals surface area contributed by atoms with Crippen molar-refractivity contribution >= 4 is 40.0 Å². The van der Waals surface area contributed by atoms with Crippen LogP contribution in [-0.2, 0) is 15.5 Å². The van der Waals surface area contributed by atoms with Gasteiger partial charge >= 0.3 is 5.97 Å². The summed E-state index contributed by atoms with van der Waals surface area (Å²) >= 11 is 11.4. The number of esters is 1. The smallest absolute Gasteiger partial charge is 0.344 e. The zero-order valence-corrected chi connectivity index (χ0v) is 10.1. The first-order valence-corrected chi connectivity index (χ1v) is 5.93. The lowest BCUT2D eigenvalue weighted by atomic mass is 10.3. The molecular weight excluding hydrogens is 263 g/mol. The number of hydrogen-bond donors (Lipinski definition) is 0. The van der Waals surface area contributed by atoms with Crippen LogP contribution in [0.2, 0.25) is 10.3 Å². The second kappa shape index (κ2) is 4.87. The Morgan fingerprint density at radius 2 is 1.80 bits per heavy atom. The first-order valence-electron chi connectivity index (χ1n) is 3.62. The maximum Gasteiger partial charge on any atom is 0.344 e. The first kappa shape index (κ1) is 12.4. The Labute approximate surface area is 98.2 Å². The molecular formula is C7H6Cl2N2O3S. The number of rotatable bonds is 2. The van der Waals surface area contributed by atoms with Gasteiger partial charge in [0.25, 0.3) is 0 Å². The van der Waals surface area contributed by atoms with Gasteiger partial charge in [-0.15, -0.1) is 0 Å². The standard InChI is InChI=1S/C7H6Cl2N2O3S/c1-14-6(12)3-4(8)10-7(15(2)13)11-5(3)9/h1-2H3. The predicted octanol–water partition coefficient (Wildman–Crippen LogP) is 1.31. The molecule has 0 aliphatic carbocycles. The Morgan fingerprint density at radius 1 is 1.33 bits per heavy atom. The normalized spacial score (nSPS) is 12.3. The van der Waals surface area contributed by atoms with Crippen molar-refractivity contribution in [2.75, 3.05) is 13.4 Å². The highest BCUT2D eigenvalue weighted by atomic mass is 35.5. The van der Waals surface area contributed by atoms with Crippen LogP contribution in [0.1, 0.15) is 10.4 Å². The van der Waals surface area contributed by atoms with E-state index < -0.39 is 16.8 Å². The molecule has 0 saturated heterocycles. The topological polar surface area (TPSA) is 69.2 Å². The molecule has 0 fully saturated rings. The SMILES string of the molecule is COC(=O)c1c(Cl)nc(S(C)=O)nc1Cl.